The number of alkyl halides is 3. The third kappa shape index (κ3) is 3.77. The fourth-order valence-electron chi connectivity index (χ4n) is 2.94. The van der Waals surface area contributed by atoms with E-state index in [4.69, 9.17) is 0 Å². The molecule has 0 amide bonds. The first kappa shape index (κ1) is 19.3. The minimum Gasteiger partial charge on any atom is -0.304 e. The highest BCUT2D eigenvalue weighted by Gasteiger charge is 2.33. The van der Waals surface area contributed by atoms with Crippen LogP contribution >= 0.6 is 15.9 Å². The lowest BCUT2D eigenvalue weighted by molar-refractivity contribution is -0.141. The third-order valence-corrected chi connectivity index (χ3v) is 4.79. The van der Waals surface area contributed by atoms with Gasteiger partial charge in [0.2, 0.25) is 0 Å². The second-order valence-electron chi connectivity index (χ2n) is 6.35. The molecule has 4 rings (SSSR count). The minimum atomic E-state index is -4.59. The van der Waals surface area contributed by atoms with Crippen molar-refractivity contribution in [2.75, 3.05) is 0 Å². The van der Waals surface area contributed by atoms with E-state index in [1.165, 1.54) is 19.1 Å². The van der Waals surface area contributed by atoms with E-state index in [0.29, 0.717) is 16.8 Å². The molecule has 0 aliphatic carbocycles. The summed E-state index contributed by atoms with van der Waals surface area (Å²) in [6.45, 7) is 1.49. The van der Waals surface area contributed by atoms with Crippen LogP contribution in [0.5, 0.6) is 0 Å². The van der Waals surface area contributed by atoms with Gasteiger partial charge in [-0.15, -0.1) is 0 Å². The van der Waals surface area contributed by atoms with Crippen molar-refractivity contribution in [1.29, 1.82) is 0 Å². The largest absolute Gasteiger partial charge is 0.433 e. The number of H-pyrrole nitrogens is 1. The lowest BCUT2D eigenvalue weighted by Crippen LogP contribution is -2.10. The van der Waals surface area contributed by atoms with Crippen molar-refractivity contribution in [1.82, 2.24) is 19.9 Å². The van der Waals surface area contributed by atoms with E-state index in [1.54, 1.807) is 24.3 Å². The molecule has 4 aromatic rings. The van der Waals surface area contributed by atoms with Crippen LogP contribution in [-0.2, 0) is 6.18 Å². The normalized spacial score (nSPS) is 11.8. The van der Waals surface area contributed by atoms with Gasteiger partial charge in [-0.25, -0.2) is 15.0 Å². The number of aromatic nitrogens is 4. The summed E-state index contributed by atoms with van der Waals surface area (Å²) >= 11 is 3.14. The zero-order chi connectivity index (χ0) is 20.8. The van der Waals surface area contributed by atoms with Crippen LogP contribution in [0.15, 0.2) is 57.8 Å². The molecule has 3 aromatic heterocycles. The Kier molecular flexibility index (Phi) is 4.70. The molecule has 0 aliphatic rings. The zero-order valence-electron chi connectivity index (χ0n) is 14.9. The van der Waals surface area contributed by atoms with Gasteiger partial charge in [-0.1, -0.05) is 30.3 Å². The molecular formula is C20H12BrF3N4O. The number of aryl methyl sites for hydroxylation is 1. The summed E-state index contributed by atoms with van der Waals surface area (Å²) < 4.78 is 40.1. The molecule has 29 heavy (non-hydrogen) atoms. The molecule has 0 unspecified atom stereocenters. The van der Waals surface area contributed by atoms with Gasteiger partial charge in [0.1, 0.15) is 11.2 Å². The second-order valence-corrected chi connectivity index (χ2v) is 7.20. The number of hydrogen-bond donors (Lipinski definition) is 1. The first-order chi connectivity index (χ1) is 13.7. The van der Waals surface area contributed by atoms with Crippen LogP contribution in [0.4, 0.5) is 13.2 Å². The Bertz CT molecular complexity index is 1290. The molecule has 0 radical (unpaired) electrons. The summed E-state index contributed by atoms with van der Waals surface area (Å²) in [4.78, 5) is 27.2. The molecule has 0 saturated heterocycles. The van der Waals surface area contributed by atoms with Gasteiger partial charge in [0.25, 0.3) is 5.56 Å². The lowest BCUT2D eigenvalue weighted by Gasteiger charge is -2.13. The summed E-state index contributed by atoms with van der Waals surface area (Å²) in [6.07, 6.45) is -4.59. The number of nitrogens with zero attached hydrogens (tertiary/aromatic N) is 3. The van der Waals surface area contributed by atoms with Gasteiger partial charge in [-0.2, -0.15) is 13.2 Å². The summed E-state index contributed by atoms with van der Waals surface area (Å²) in [6, 6.07) is 12.9. The van der Waals surface area contributed by atoms with Crippen LogP contribution in [-0.4, -0.2) is 19.9 Å². The topological polar surface area (TPSA) is 71.5 Å². The molecule has 0 bridgehead atoms. The van der Waals surface area contributed by atoms with Crippen molar-refractivity contribution in [3.8, 4) is 22.5 Å². The highest BCUT2D eigenvalue weighted by atomic mass is 79.9. The Balaban J connectivity index is 2.06. The van der Waals surface area contributed by atoms with E-state index < -0.39 is 11.9 Å². The summed E-state index contributed by atoms with van der Waals surface area (Å²) in [5, 5.41) is 0. The van der Waals surface area contributed by atoms with Crippen LogP contribution in [0.25, 0.3) is 33.7 Å². The third-order valence-electron chi connectivity index (χ3n) is 4.20. The zero-order valence-corrected chi connectivity index (χ0v) is 16.5. The van der Waals surface area contributed by atoms with E-state index in [0.717, 1.165) is 6.07 Å². The van der Waals surface area contributed by atoms with E-state index in [-0.39, 0.29) is 32.6 Å². The van der Waals surface area contributed by atoms with Crippen LogP contribution in [0.1, 0.15) is 11.4 Å². The van der Waals surface area contributed by atoms with Crippen molar-refractivity contribution < 1.29 is 13.2 Å². The molecule has 1 aromatic carbocycles. The van der Waals surface area contributed by atoms with Crippen LogP contribution < -0.4 is 5.56 Å². The monoisotopic (exact) mass is 460 g/mol. The van der Waals surface area contributed by atoms with Gasteiger partial charge in [-0.3, -0.25) is 4.79 Å². The van der Waals surface area contributed by atoms with Gasteiger partial charge < -0.3 is 4.98 Å². The Morgan fingerprint density at radius 1 is 0.931 bits per heavy atom. The number of nitrogens with one attached hydrogen (secondary N) is 1. The second kappa shape index (κ2) is 7.07. The lowest BCUT2D eigenvalue weighted by atomic mass is 10.0. The molecule has 0 aliphatic heterocycles. The van der Waals surface area contributed by atoms with Crippen LogP contribution in [0.2, 0.25) is 0 Å². The SMILES string of the molecule is Cc1cc(-c2nc3cc(Br)c(=O)[nH]c3nc2-c2ccccc2)cc(C(F)(F)F)n1. The number of aromatic amines is 1. The number of halogens is 4. The maximum Gasteiger partial charge on any atom is 0.433 e. The van der Waals surface area contributed by atoms with E-state index in [1.807, 2.05) is 6.07 Å². The fraction of sp³-hybridized carbons (Fsp3) is 0.100. The first-order valence-corrected chi connectivity index (χ1v) is 9.24. The van der Waals surface area contributed by atoms with Crippen molar-refractivity contribution >= 4 is 27.1 Å². The molecule has 0 atom stereocenters. The fourth-order valence-corrected chi connectivity index (χ4v) is 3.26. The summed E-state index contributed by atoms with van der Waals surface area (Å²) in [5.74, 6) is 0. The summed E-state index contributed by atoms with van der Waals surface area (Å²) in [5.41, 5.74) is 0.918. The molecule has 0 fully saturated rings. The molecule has 1 N–H and O–H groups in total. The first-order valence-electron chi connectivity index (χ1n) is 8.44. The quantitative estimate of drug-likeness (QED) is 0.449. The Morgan fingerprint density at radius 3 is 2.31 bits per heavy atom. The predicted octanol–water partition coefficient (Wildman–Crippen LogP) is 5.14. The van der Waals surface area contributed by atoms with Crippen molar-refractivity contribution in [2.45, 2.75) is 13.1 Å². The van der Waals surface area contributed by atoms with E-state index >= 15 is 0 Å². The smallest absolute Gasteiger partial charge is 0.304 e. The average Bonchev–Trinajstić information content (AvgIpc) is 2.67. The van der Waals surface area contributed by atoms with Gasteiger partial charge >= 0.3 is 6.18 Å². The van der Waals surface area contributed by atoms with Crippen LogP contribution in [0, 0.1) is 6.92 Å². The van der Waals surface area contributed by atoms with Gasteiger partial charge in [-0.05, 0) is 41.1 Å². The Morgan fingerprint density at radius 2 is 1.62 bits per heavy atom. The Hall–Kier alpha value is -3.07. The Labute approximate surface area is 170 Å². The average molecular weight is 461 g/mol. The maximum atomic E-state index is 13.3. The van der Waals surface area contributed by atoms with E-state index in [2.05, 4.69) is 35.9 Å². The van der Waals surface area contributed by atoms with Crippen molar-refractivity contribution in [3.05, 3.63) is 74.7 Å². The molecule has 9 heteroatoms. The van der Waals surface area contributed by atoms with Crippen molar-refractivity contribution in [3.63, 3.8) is 0 Å². The molecule has 5 nitrogen and oxygen atoms in total. The van der Waals surface area contributed by atoms with Gasteiger partial charge in [0.15, 0.2) is 5.65 Å². The van der Waals surface area contributed by atoms with Gasteiger partial charge in [0, 0.05) is 16.8 Å². The number of hydrogen-bond acceptors (Lipinski definition) is 4. The number of rotatable bonds is 2. The minimum absolute atomic E-state index is 0.207. The number of fused-ring (bicyclic) bond motifs is 1. The number of pyridine rings is 2. The molecule has 0 spiro atoms. The standard InChI is InChI=1S/C20H12BrF3N4O/c1-10-7-12(8-15(25-10)20(22,23)24)17-16(11-5-3-2-4-6-11)27-18-14(26-17)9-13(21)19(29)28-18/h2-9H,1H3,(H,27,28,29). The highest BCUT2D eigenvalue weighted by molar-refractivity contribution is 9.10. The predicted molar refractivity (Wildman–Crippen MR) is 106 cm³/mol. The molecule has 3 heterocycles. The van der Waals surface area contributed by atoms with Crippen LogP contribution in [0.3, 0.4) is 0 Å². The molecule has 146 valence electrons. The molecule has 0 saturated carbocycles. The highest BCUT2D eigenvalue weighted by Crippen LogP contribution is 2.35. The van der Waals surface area contributed by atoms with E-state index in [9.17, 15) is 18.0 Å². The molecular weight excluding hydrogens is 449 g/mol. The number of benzene rings is 1. The summed E-state index contributed by atoms with van der Waals surface area (Å²) in [7, 11) is 0. The maximum absolute atomic E-state index is 13.3. The van der Waals surface area contributed by atoms with Gasteiger partial charge in [0.05, 0.1) is 15.9 Å². The van der Waals surface area contributed by atoms with Crippen molar-refractivity contribution in [2.24, 2.45) is 0 Å².